The van der Waals surface area contributed by atoms with Crippen LogP contribution in [-0.4, -0.2) is 33.3 Å². The van der Waals surface area contributed by atoms with E-state index in [1.807, 2.05) is 0 Å². The summed E-state index contributed by atoms with van der Waals surface area (Å²) in [5, 5.41) is 15.9. The van der Waals surface area contributed by atoms with Crippen LogP contribution in [0.15, 0.2) is 41.7 Å². The molecule has 0 unspecified atom stereocenters. The van der Waals surface area contributed by atoms with Gasteiger partial charge in [-0.05, 0) is 6.07 Å². The van der Waals surface area contributed by atoms with Crippen LogP contribution in [0.4, 0.5) is 0 Å². The number of carbonyl (C=O) groups excluding carboxylic acids is 1. The normalized spacial score (nSPS) is 10.3. The van der Waals surface area contributed by atoms with Crippen LogP contribution in [0.25, 0.3) is 10.8 Å². The van der Waals surface area contributed by atoms with Crippen molar-refractivity contribution in [2.75, 3.05) is 6.54 Å². The number of nitrogens with one attached hydrogen (secondary N) is 1. The average molecular weight is 287 g/mol. The second-order valence-corrected chi connectivity index (χ2v) is 4.25. The van der Waals surface area contributed by atoms with Crippen LogP contribution in [0, 0.1) is 0 Å². The lowest BCUT2D eigenvalue weighted by atomic mass is 10.1. The highest BCUT2D eigenvalue weighted by atomic mass is 16.4. The van der Waals surface area contributed by atoms with Crippen molar-refractivity contribution in [3.63, 3.8) is 0 Å². The van der Waals surface area contributed by atoms with Gasteiger partial charge in [-0.2, -0.15) is 5.10 Å². The Morgan fingerprint density at radius 3 is 2.62 bits per heavy atom. The van der Waals surface area contributed by atoms with Gasteiger partial charge in [0.1, 0.15) is 6.54 Å². The van der Waals surface area contributed by atoms with Gasteiger partial charge in [0, 0.05) is 11.9 Å². The van der Waals surface area contributed by atoms with Gasteiger partial charge in [0.05, 0.1) is 5.39 Å². The van der Waals surface area contributed by atoms with Crippen molar-refractivity contribution >= 4 is 22.6 Å². The first-order valence-electron chi connectivity index (χ1n) is 6.15. The van der Waals surface area contributed by atoms with Crippen molar-refractivity contribution in [3.05, 3.63) is 53.0 Å². The Balaban J connectivity index is 2.52. The minimum absolute atomic E-state index is 0.210. The Morgan fingerprint density at radius 2 is 2.00 bits per heavy atom. The minimum Gasteiger partial charge on any atom is -0.476 e. The number of hydrogen-bond donors (Lipinski definition) is 2. The molecule has 0 spiro atoms. The predicted molar refractivity (Wildman–Crippen MR) is 76.2 cm³/mol. The van der Waals surface area contributed by atoms with E-state index in [1.54, 1.807) is 12.1 Å². The molecule has 1 amide bonds. The van der Waals surface area contributed by atoms with Crippen molar-refractivity contribution < 1.29 is 14.7 Å². The van der Waals surface area contributed by atoms with Gasteiger partial charge in [0.15, 0.2) is 5.69 Å². The topological polar surface area (TPSA) is 101 Å². The summed E-state index contributed by atoms with van der Waals surface area (Å²) in [5.41, 5.74) is -0.772. The summed E-state index contributed by atoms with van der Waals surface area (Å²) in [6, 6.07) is 6.26. The molecule has 0 radical (unpaired) electrons. The molecule has 0 fully saturated rings. The van der Waals surface area contributed by atoms with Gasteiger partial charge in [-0.15, -0.1) is 6.58 Å². The molecule has 0 atom stereocenters. The van der Waals surface area contributed by atoms with E-state index in [0.29, 0.717) is 0 Å². The van der Waals surface area contributed by atoms with E-state index in [1.165, 1.54) is 18.2 Å². The molecule has 0 aliphatic carbocycles. The molecule has 2 N–H and O–H groups in total. The highest BCUT2D eigenvalue weighted by Crippen LogP contribution is 2.12. The molecule has 0 bridgehead atoms. The second kappa shape index (κ2) is 6.00. The lowest BCUT2D eigenvalue weighted by Crippen LogP contribution is -2.34. The summed E-state index contributed by atoms with van der Waals surface area (Å²) in [6.45, 7) is 3.37. The van der Waals surface area contributed by atoms with E-state index >= 15 is 0 Å². The fraction of sp³-hybridized carbons (Fsp3) is 0.143. The number of carboxylic acids is 1. The van der Waals surface area contributed by atoms with Gasteiger partial charge in [-0.1, -0.05) is 24.3 Å². The number of nitrogens with zero attached hydrogens (tertiary/aromatic N) is 2. The number of hydrogen-bond acceptors (Lipinski definition) is 4. The number of carboxylic acid groups (broad SMARTS) is 1. The zero-order chi connectivity index (χ0) is 15.4. The summed E-state index contributed by atoms with van der Waals surface area (Å²) < 4.78 is 0.851. The Bertz CT molecular complexity index is 779. The molecular weight excluding hydrogens is 274 g/mol. The standard InChI is InChI=1S/C14H13N3O4/c1-2-7-15-11(18)8-17-13(19)10-6-4-3-5-9(10)12(16-17)14(20)21/h2-6H,1,7-8H2,(H,15,18)(H,20,21). The zero-order valence-electron chi connectivity index (χ0n) is 11.1. The van der Waals surface area contributed by atoms with Gasteiger partial charge >= 0.3 is 5.97 Å². The molecule has 0 saturated heterocycles. The van der Waals surface area contributed by atoms with Gasteiger partial charge < -0.3 is 10.4 Å². The number of fused-ring (bicyclic) bond motifs is 1. The Hall–Kier alpha value is -2.96. The number of amides is 1. The predicted octanol–water partition coefficient (Wildman–Crippen LogP) is 0.397. The molecule has 2 aromatic rings. The summed E-state index contributed by atoms with van der Waals surface area (Å²) in [4.78, 5) is 35.1. The van der Waals surface area contributed by atoms with Crippen LogP contribution in [0.3, 0.4) is 0 Å². The summed E-state index contributed by atoms with van der Waals surface area (Å²) in [7, 11) is 0. The molecule has 1 aromatic heterocycles. The minimum atomic E-state index is -1.26. The lowest BCUT2D eigenvalue weighted by Gasteiger charge is -2.08. The van der Waals surface area contributed by atoms with E-state index < -0.39 is 17.4 Å². The third-order valence-corrected chi connectivity index (χ3v) is 2.81. The van der Waals surface area contributed by atoms with Gasteiger partial charge in [-0.3, -0.25) is 9.59 Å². The van der Waals surface area contributed by atoms with Crippen molar-refractivity contribution in [2.45, 2.75) is 6.54 Å². The van der Waals surface area contributed by atoms with E-state index in [4.69, 9.17) is 0 Å². The molecule has 1 heterocycles. The highest BCUT2D eigenvalue weighted by Gasteiger charge is 2.16. The average Bonchev–Trinajstić information content (AvgIpc) is 2.47. The number of rotatable bonds is 5. The number of aromatic nitrogens is 2. The Labute approximate surface area is 119 Å². The first kappa shape index (κ1) is 14.4. The fourth-order valence-electron chi connectivity index (χ4n) is 1.88. The highest BCUT2D eigenvalue weighted by molar-refractivity contribution is 6.01. The molecule has 1 aromatic carbocycles. The van der Waals surface area contributed by atoms with E-state index in [0.717, 1.165) is 4.68 Å². The number of carbonyl (C=O) groups is 2. The first-order chi connectivity index (χ1) is 10.0. The molecular formula is C14H13N3O4. The van der Waals surface area contributed by atoms with Crippen molar-refractivity contribution in [1.29, 1.82) is 0 Å². The summed E-state index contributed by atoms with van der Waals surface area (Å²) in [6.07, 6.45) is 1.50. The maximum atomic E-state index is 12.2. The molecule has 2 rings (SSSR count). The molecule has 7 heteroatoms. The fourth-order valence-corrected chi connectivity index (χ4v) is 1.88. The second-order valence-electron chi connectivity index (χ2n) is 4.25. The van der Waals surface area contributed by atoms with Crippen molar-refractivity contribution in [1.82, 2.24) is 15.1 Å². The molecule has 0 saturated carbocycles. The van der Waals surface area contributed by atoms with Crippen LogP contribution in [-0.2, 0) is 11.3 Å². The Morgan fingerprint density at radius 1 is 1.33 bits per heavy atom. The molecule has 0 aliphatic rings. The quantitative estimate of drug-likeness (QED) is 0.775. The lowest BCUT2D eigenvalue weighted by molar-refractivity contribution is -0.121. The van der Waals surface area contributed by atoms with E-state index in [2.05, 4.69) is 17.0 Å². The van der Waals surface area contributed by atoms with Gasteiger partial charge in [0.2, 0.25) is 5.91 Å². The van der Waals surface area contributed by atoms with Crippen molar-refractivity contribution in [2.24, 2.45) is 0 Å². The monoisotopic (exact) mass is 287 g/mol. The maximum Gasteiger partial charge on any atom is 0.357 e. The van der Waals surface area contributed by atoms with Crippen LogP contribution < -0.4 is 10.9 Å². The Kier molecular flexibility index (Phi) is 4.13. The number of benzene rings is 1. The van der Waals surface area contributed by atoms with Crippen LogP contribution in [0.2, 0.25) is 0 Å². The first-order valence-corrected chi connectivity index (χ1v) is 6.15. The molecule has 21 heavy (non-hydrogen) atoms. The third kappa shape index (κ3) is 2.97. The number of aromatic carboxylic acids is 1. The largest absolute Gasteiger partial charge is 0.476 e. The third-order valence-electron chi connectivity index (χ3n) is 2.81. The molecule has 108 valence electrons. The summed E-state index contributed by atoms with van der Waals surface area (Å²) >= 11 is 0. The maximum absolute atomic E-state index is 12.2. The van der Waals surface area contributed by atoms with E-state index in [-0.39, 0.29) is 29.6 Å². The van der Waals surface area contributed by atoms with Crippen molar-refractivity contribution in [3.8, 4) is 0 Å². The molecule has 0 aliphatic heterocycles. The summed E-state index contributed by atoms with van der Waals surface area (Å²) in [5.74, 6) is -1.71. The van der Waals surface area contributed by atoms with E-state index in [9.17, 15) is 19.5 Å². The van der Waals surface area contributed by atoms with Crippen LogP contribution >= 0.6 is 0 Å². The van der Waals surface area contributed by atoms with Gasteiger partial charge in [0.25, 0.3) is 5.56 Å². The van der Waals surface area contributed by atoms with Gasteiger partial charge in [-0.25, -0.2) is 9.48 Å². The van der Waals surface area contributed by atoms with Crippen LogP contribution in [0.1, 0.15) is 10.5 Å². The zero-order valence-corrected chi connectivity index (χ0v) is 11.1. The SMILES string of the molecule is C=CCNC(=O)Cn1nc(C(=O)O)c2ccccc2c1=O. The van der Waals surface area contributed by atoms with Crippen LogP contribution in [0.5, 0.6) is 0 Å². The molecule has 7 nitrogen and oxygen atoms in total. The smallest absolute Gasteiger partial charge is 0.357 e.